The van der Waals surface area contributed by atoms with Crippen molar-refractivity contribution >= 4 is 0 Å². The number of allylic oxidation sites excluding steroid dienone is 1. The average molecular weight is 222 g/mol. The van der Waals surface area contributed by atoms with Gasteiger partial charge in [0.15, 0.2) is 0 Å². The van der Waals surface area contributed by atoms with E-state index in [1.165, 1.54) is 18.4 Å². The SMILES string of the molecule is C=CC(C)(O)CCC1C(=C)CCCC1(C)C. The molecular formula is C15H26O. The molecule has 1 rings (SSSR count). The third-order valence-electron chi connectivity index (χ3n) is 4.13. The van der Waals surface area contributed by atoms with Crippen LogP contribution in [0.15, 0.2) is 24.8 Å². The Kier molecular flexibility index (Phi) is 4.01. The lowest BCUT2D eigenvalue weighted by atomic mass is 9.64. The summed E-state index contributed by atoms with van der Waals surface area (Å²) in [6.07, 6.45) is 7.14. The smallest absolute Gasteiger partial charge is 0.0797 e. The predicted octanol–water partition coefficient (Wildman–Crippen LogP) is 4.09. The molecule has 0 aromatic rings. The fraction of sp³-hybridized carbons (Fsp3) is 0.733. The van der Waals surface area contributed by atoms with Gasteiger partial charge in [-0.05, 0) is 50.4 Å². The molecule has 16 heavy (non-hydrogen) atoms. The summed E-state index contributed by atoms with van der Waals surface area (Å²) in [5.74, 6) is 0.549. The molecule has 1 aliphatic carbocycles. The molecule has 1 nitrogen and oxygen atoms in total. The number of hydrogen-bond donors (Lipinski definition) is 1. The van der Waals surface area contributed by atoms with Gasteiger partial charge in [-0.15, -0.1) is 6.58 Å². The van der Waals surface area contributed by atoms with E-state index < -0.39 is 5.60 Å². The van der Waals surface area contributed by atoms with E-state index in [2.05, 4.69) is 27.0 Å². The Hall–Kier alpha value is -0.560. The van der Waals surface area contributed by atoms with Crippen molar-refractivity contribution in [3.8, 4) is 0 Å². The van der Waals surface area contributed by atoms with Crippen molar-refractivity contribution in [1.82, 2.24) is 0 Å². The number of hydrogen-bond acceptors (Lipinski definition) is 1. The summed E-state index contributed by atoms with van der Waals surface area (Å²) in [5.41, 5.74) is 0.983. The van der Waals surface area contributed by atoms with E-state index in [0.29, 0.717) is 11.3 Å². The second-order valence-corrected chi connectivity index (χ2v) is 6.15. The molecule has 0 aliphatic heterocycles. The van der Waals surface area contributed by atoms with E-state index in [-0.39, 0.29) is 0 Å². The molecular weight excluding hydrogens is 196 g/mol. The van der Waals surface area contributed by atoms with Gasteiger partial charge >= 0.3 is 0 Å². The molecule has 0 spiro atoms. The summed E-state index contributed by atoms with van der Waals surface area (Å²) in [5, 5.41) is 9.96. The van der Waals surface area contributed by atoms with Gasteiger partial charge in [-0.3, -0.25) is 0 Å². The Morgan fingerprint density at radius 3 is 2.69 bits per heavy atom. The van der Waals surface area contributed by atoms with Crippen LogP contribution in [-0.4, -0.2) is 10.7 Å². The average Bonchev–Trinajstić information content (AvgIpc) is 2.16. The minimum Gasteiger partial charge on any atom is -0.386 e. The lowest BCUT2D eigenvalue weighted by Gasteiger charge is -2.41. The van der Waals surface area contributed by atoms with Crippen molar-refractivity contribution < 1.29 is 5.11 Å². The topological polar surface area (TPSA) is 20.2 Å². The summed E-state index contributed by atoms with van der Waals surface area (Å²) < 4.78 is 0. The van der Waals surface area contributed by atoms with Gasteiger partial charge in [0, 0.05) is 0 Å². The van der Waals surface area contributed by atoms with Gasteiger partial charge in [-0.25, -0.2) is 0 Å². The van der Waals surface area contributed by atoms with Crippen molar-refractivity contribution in [2.24, 2.45) is 11.3 Å². The summed E-state index contributed by atoms with van der Waals surface area (Å²) >= 11 is 0. The fourth-order valence-electron chi connectivity index (χ4n) is 2.81. The van der Waals surface area contributed by atoms with Gasteiger partial charge in [-0.1, -0.05) is 32.1 Å². The van der Waals surface area contributed by atoms with Crippen LogP contribution < -0.4 is 0 Å². The molecule has 0 amide bonds. The maximum atomic E-state index is 9.96. The van der Waals surface area contributed by atoms with E-state index in [0.717, 1.165) is 19.3 Å². The first kappa shape index (κ1) is 13.5. The van der Waals surface area contributed by atoms with Gasteiger partial charge in [-0.2, -0.15) is 0 Å². The Morgan fingerprint density at radius 1 is 1.56 bits per heavy atom. The minimum atomic E-state index is -0.728. The van der Waals surface area contributed by atoms with Crippen LogP contribution in [0, 0.1) is 11.3 Å². The normalized spacial score (nSPS) is 28.5. The van der Waals surface area contributed by atoms with Crippen molar-refractivity contribution in [2.75, 3.05) is 0 Å². The Bertz CT molecular complexity index is 273. The molecule has 2 atom stereocenters. The summed E-state index contributed by atoms with van der Waals surface area (Å²) in [4.78, 5) is 0. The highest BCUT2D eigenvalue weighted by Crippen LogP contribution is 2.45. The highest BCUT2D eigenvalue weighted by Gasteiger charge is 2.35. The molecule has 0 radical (unpaired) electrons. The molecule has 0 aromatic carbocycles. The maximum absolute atomic E-state index is 9.96. The molecule has 1 aliphatic rings. The number of aliphatic hydroxyl groups is 1. The van der Waals surface area contributed by atoms with Crippen LogP contribution in [0.25, 0.3) is 0 Å². The predicted molar refractivity (Wildman–Crippen MR) is 70.3 cm³/mol. The van der Waals surface area contributed by atoms with Crippen molar-refractivity contribution in [2.45, 2.75) is 58.5 Å². The second-order valence-electron chi connectivity index (χ2n) is 6.15. The van der Waals surface area contributed by atoms with Gasteiger partial charge < -0.3 is 5.11 Å². The zero-order valence-electron chi connectivity index (χ0n) is 11.1. The minimum absolute atomic E-state index is 0.340. The zero-order chi connectivity index (χ0) is 12.4. The Labute approximate surface area is 100 Å². The number of rotatable bonds is 4. The van der Waals surface area contributed by atoms with Gasteiger partial charge in [0.2, 0.25) is 0 Å². The van der Waals surface area contributed by atoms with Gasteiger partial charge in [0.1, 0.15) is 0 Å². The molecule has 1 fully saturated rings. The van der Waals surface area contributed by atoms with Crippen LogP contribution in [0.3, 0.4) is 0 Å². The zero-order valence-corrected chi connectivity index (χ0v) is 11.1. The van der Waals surface area contributed by atoms with E-state index in [9.17, 15) is 5.11 Å². The van der Waals surface area contributed by atoms with Crippen molar-refractivity contribution in [3.05, 3.63) is 24.8 Å². The highest BCUT2D eigenvalue weighted by molar-refractivity contribution is 5.10. The Morgan fingerprint density at radius 2 is 2.19 bits per heavy atom. The molecule has 0 saturated heterocycles. The van der Waals surface area contributed by atoms with E-state index >= 15 is 0 Å². The second kappa shape index (κ2) is 4.75. The van der Waals surface area contributed by atoms with Gasteiger partial charge in [0.25, 0.3) is 0 Å². The first-order valence-electron chi connectivity index (χ1n) is 6.32. The lowest BCUT2D eigenvalue weighted by Crippen LogP contribution is -2.32. The fourth-order valence-corrected chi connectivity index (χ4v) is 2.81. The van der Waals surface area contributed by atoms with Crippen LogP contribution >= 0.6 is 0 Å². The third kappa shape index (κ3) is 3.21. The summed E-state index contributed by atoms with van der Waals surface area (Å²) in [6.45, 7) is 14.4. The first-order chi connectivity index (χ1) is 7.28. The van der Waals surface area contributed by atoms with Crippen LogP contribution in [0.4, 0.5) is 0 Å². The third-order valence-corrected chi connectivity index (χ3v) is 4.13. The van der Waals surface area contributed by atoms with Crippen molar-refractivity contribution in [1.29, 1.82) is 0 Å². The van der Waals surface area contributed by atoms with Crippen LogP contribution in [0.5, 0.6) is 0 Å². The maximum Gasteiger partial charge on any atom is 0.0797 e. The molecule has 0 aromatic heterocycles. The molecule has 92 valence electrons. The lowest BCUT2D eigenvalue weighted by molar-refractivity contribution is 0.0796. The first-order valence-corrected chi connectivity index (χ1v) is 6.32. The quantitative estimate of drug-likeness (QED) is 0.710. The molecule has 0 bridgehead atoms. The highest BCUT2D eigenvalue weighted by atomic mass is 16.3. The molecule has 1 heteroatoms. The standard InChI is InChI=1S/C15H26O/c1-6-15(5,16)11-9-13-12(2)8-7-10-14(13,3)4/h6,13,16H,1-2,7-11H2,3-5H3. The van der Waals surface area contributed by atoms with Crippen molar-refractivity contribution in [3.63, 3.8) is 0 Å². The van der Waals surface area contributed by atoms with Crippen LogP contribution in [-0.2, 0) is 0 Å². The van der Waals surface area contributed by atoms with Gasteiger partial charge in [0.05, 0.1) is 5.60 Å². The largest absolute Gasteiger partial charge is 0.386 e. The van der Waals surface area contributed by atoms with E-state index in [4.69, 9.17) is 0 Å². The molecule has 1 N–H and O–H groups in total. The monoisotopic (exact) mass is 222 g/mol. The summed E-state index contributed by atoms with van der Waals surface area (Å²) in [7, 11) is 0. The Balaban J connectivity index is 2.63. The van der Waals surface area contributed by atoms with E-state index in [1.807, 2.05) is 6.92 Å². The summed E-state index contributed by atoms with van der Waals surface area (Å²) in [6, 6.07) is 0. The molecule has 0 heterocycles. The molecule has 2 unspecified atom stereocenters. The molecule has 1 saturated carbocycles. The van der Waals surface area contributed by atoms with E-state index in [1.54, 1.807) is 6.08 Å². The van der Waals surface area contributed by atoms with Crippen LogP contribution in [0.2, 0.25) is 0 Å². The van der Waals surface area contributed by atoms with Crippen LogP contribution in [0.1, 0.15) is 52.9 Å².